The van der Waals surface area contributed by atoms with E-state index in [0.29, 0.717) is 12.0 Å². The fourth-order valence-electron chi connectivity index (χ4n) is 1.80. The monoisotopic (exact) mass is 186 g/mol. The molecule has 0 spiro atoms. The minimum atomic E-state index is -0.135. The summed E-state index contributed by atoms with van der Waals surface area (Å²) in [5.41, 5.74) is 0. The predicted molar refractivity (Wildman–Crippen MR) is 53.7 cm³/mol. The molecule has 0 bridgehead atoms. The molecule has 0 radical (unpaired) electrons. The Morgan fingerprint density at radius 3 is 2.62 bits per heavy atom. The molecule has 0 aromatic rings. The van der Waals surface area contributed by atoms with Gasteiger partial charge in [0.2, 0.25) is 0 Å². The molecule has 1 aliphatic rings. The summed E-state index contributed by atoms with van der Waals surface area (Å²) in [5, 5.41) is 9.87. The molecule has 0 saturated carbocycles. The van der Waals surface area contributed by atoms with Gasteiger partial charge in [0.1, 0.15) is 0 Å². The van der Waals surface area contributed by atoms with Crippen molar-refractivity contribution in [2.75, 3.05) is 6.61 Å². The Morgan fingerprint density at radius 2 is 2.15 bits per heavy atom. The first-order chi connectivity index (χ1) is 6.27. The average molecular weight is 186 g/mol. The molecule has 1 saturated heterocycles. The number of ether oxygens (including phenoxy) is 1. The van der Waals surface area contributed by atoms with Crippen molar-refractivity contribution in [3.05, 3.63) is 0 Å². The van der Waals surface area contributed by atoms with Gasteiger partial charge in [0.25, 0.3) is 0 Å². The summed E-state index contributed by atoms with van der Waals surface area (Å²) in [6, 6.07) is 0. The third-order valence-corrected chi connectivity index (χ3v) is 2.90. The Balaban J connectivity index is 2.17. The van der Waals surface area contributed by atoms with Crippen molar-refractivity contribution in [3.63, 3.8) is 0 Å². The number of rotatable bonds is 7. The van der Waals surface area contributed by atoms with E-state index in [1.807, 2.05) is 0 Å². The van der Waals surface area contributed by atoms with Crippen LogP contribution in [-0.4, -0.2) is 23.9 Å². The molecule has 2 nitrogen and oxygen atoms in total. The summed E-state index contributed by atoms with van der Waals surface area (Å²) in [6.45, 7) is 5.22. The second-order valence-electron chi connectivity index (χ2n) is 4.07. The van der Waals surface area contributed by atoms with Gasteiger partial charge in [-0.15, -0.1) is 0 Å². The molecule has 3 unspecified atom stereocenters. The van der Waals surface area contributed by atoms with Crippen molar-refractivity contribution >= 4 is 0 Å². The number of aliphatic hydroxyl groups is 1. The van der Waals surface area contributed by atoms with E-state index in [1.165, 1.54) is 19.3 Å². The highest BCUT2D eigenvalue weighted by Crippen LogP contribution is 2.24. The zero-order valence-electron chi connectivity index (χ0n) is 8.83. The maximum absolute atomic E-state index is 9.87. The van der Waals surface area contributed by atoms with Gasteiger partial charge in [-0.05, 0) is 12.3 Å². The van der Waals surface area contributed by atoms with Gasteiger partial charge in [-0.25, -0.2) is 0 Å². The second kappa shape index (κ2) is 5.61. The van der Waals surface area contributed by atoms with Gasteiger partial charge in [0, 0.05) is 6.42 Å². The van der Waals surface area contributed by atoms with Crippen LogP contribution in [0.2, 0.25) is 0 Å². The quantitative estimate of drug-likeness (QED) is 0.619. The topological polar surface area (TPSA) is 32.8 Å². The van der Waals surface area contributed by atoms with Crippen LogP contribution in [0.15, 0.2) is 0 Å². The SMILES string of the molecule is CCCCC(CC)C(O)CC1CO1. The van der Waals surface area contributed by atoms with E-state index in [-0.39, 0.29) is 6.10 Å². The van der Waals surface area contributed by atoms with Crippen LogP contribution in [-0.2, 0) is 4.74 Å². The van der Waals surface area contributed by atoms with Crippen LogP contribution in [0, 0.1) is 5.92 Å². The van der Waals surface area contributed by atoms with Crippen LogP contribution in [0.1, 0.15) is 46.0 Å². The van der Waals surface area contributed by atoms with Crippen molar-refractivity contribution < 1.29 is 9.84 Å². The molecular weight excluding hydrogens is 164 g/mol. The second-order valence-corrected chi connectivity index (χ2v) is 4.07. The minimum Gasteiger partial charge on any atom is -0.393 e. The van der Waals surface area contributed by atoms with Crippen molar-refractivity contribution in [2.24, 2.45) is 5.92 Å². The first-order valence-electron chi connectivity index (χ1n) is 5.57. The Hall–Kier alpha value is -0.0800. The summed E-state index contributed by atoms with van der Waals surface area (Å²) in [4.78, 5) is 0. The Kier molecular flexibility index (Phi) is 4.74. The van der Waals surface area contributed by atoms with Crippen molar-refractivity contribution in [2.45, 2.75) is 58.2 Å². The predicted octanol–water partition coefficient (Wildman–Crippen LogP) is 2.35. The van der Waals surface area contributed by atoms with E-state index in [9.17, 15) is 5.11 Å². The summed E-state index contributed by atoms with van der Waals surface area (Å²) in [5.74, 6) is 0.490. The molecule has 1 rings (SSSR count). The van der Waals surface area contributed by atoms with E-state index < -0.39 is 0 Å². The molecule has 1 fully saturated rings. The average Bonchev–Trinajstić information content (AvgIpc) is 2.90. The van der Waals surface area contributed by atoms with E-state index in [2.05, 4.69) is 13.8 Å². The van der Waals surface area contributed by atoms with E-state index in [4.69, 9.17) is 4.74 Å². The van der Waals surface area contributed by atoms with Crippen LogP contribution < -0.4 is 0 Å². The number of epoxide rings is 1. The van der Waals surface area contributed by atoms with Crippen LogP contribution >= 0.6 is 0 Å². The van der Waals surface area contributed by atoms with Gasteiger partial charge in [-0.2, -0.15) is 0 Å². The van der Waals surface area contributed by atoms with Crippen LogP contribution in [0.5, 0.6) is 0 Å². The molecule has 0 aliphatic carbocycles. The molecule has 1 N–H and O–H groups in total. The lowest BCUT2D eigenvalue weighted by atomic mass is 9.91. The summed E-state index contributed by atoms with van der Waals surface area (Å²) in [7, 11) is 0. The maximum atomic E-state index is 9.87. The highest BCUT2D eigenvalue weighted by atomic mass is 16.6. The number of hydrogen-bond acceptors (Lipinski definition) is 2. The number of unbranched alkanes of at least 4 members (excludes halogenated alkanes) is 1. The standard InChI is InChI=1S/C11H22O2/c1-3-5-6-9(4-2)11(12)7-10-8-13-10/h9-12H,3-8H2,1-2H3. The molecule has 0 aromatic carbocycles. The van der Waals surface area contributed by atoms with Gasteiger partial charge in [-0.3, -0.25) is 0 Å². The van der Waals surface area contributed by atoms with E-state index >= 15 is 0 Å². The highest BCUT2D eigenvalue weighted by molar-refractivity contribution is 4.77. The fraction of sp³-hybridized carbons (Fsp3) is 1.00. The summed E-state index contributed by atoms with van der Waals surface area (Å²) >= 11 is 0. The Labute approximate surface area is 81.3 Å². The molecular formula is C11H22O2. The lowest BCUT2D eigenvalue weighted by Crippen LogP contribution is -2.21. The third kappa shape index (κ3) is 4.10. The van der Waals surface area contributed by atoms with Crippen molar-refractivity contribution in [1.82, 2.24) is 0 Å². The molecule has 2 heteroatoms. The lowest BCUT2D eigenvalue weighted by Gasteiger charge is -2.20. The summed E-state index contributed by atoms with van der Waals surface area (Å²) < 4.78 is 5.12. The third-order valence-electron chi connectivity index (χ3n) is 2.90. The summed E-state index contributed by atoms with van der Waals surface area (Å²) in [6.07, 6.45) is 5.80. The Bertz CT molecular complexity index is 132. The van der Waals surface area contributed by atoms with Gasteiger partial charge >= 0.3 is 0 Å². The molecule has 78 valence electrons. The van der Waals surface area contributed by atoms with Crippen LogP contribution in [0.3, 0.4) is 0 Å². The first-order valence-corrected chi connectivity index (χ1v) is 5.57. The highest BCUT2D eigenvalue weighted by Gasteiger charge is 2.28. The number of aliphatic hydroxyl groups excluding tert-OH is 1. The normalized spacial score (nSPS) is 25.6. The zero-order chi connectivity index (χ0) is 9.68. The largest absolute Gasteiger partial charge is 0.393 e. The fourth-order valence-corrected chi connectivity index (χ4v) is 1.80. The van der Waals surface area contributed by atoms with Gasteiger partial charge in [-0.1, -0.05) is 33.1 Å². The van der Waals surface area contributed by atoms with Gasteiger partial charge < -0.3 is 9.84 Å². The minimum absolute atomic E-state index is 0.135. The molecule has 3 atom stereocenters. The number of hydrogen-bond donors (Lipinski definition) is 1. The molecule has 0 aromatic heterocycles. The van der Waals surface area contributed by atoms with E-state index in [0.717, 1.165) is 19.4 Å². The molecule has 0 amide bonds. The van der Waals surface area contributed by atoms with Crippen LogP contribution in [0.4, 0.5) is 0 Å². The molecule has 1 heterocycles. The van der Waals surface area contributed by atoms with Gasteiger partial charge in [0.15, 0.2) is 0 Å². The Morgan fingerprint density at radius 1 is 1.46 bits per heavy atom. The zero-order valence-corrected chi connectivity index (χ0v) is 8.83. The van der Waals surface area contributed by atoms with Gasteiger partial charge in [0.05, 0.1) is 18.8 Å². The lowest BCUT2D eigenvalue weighted by molar-refractivity contribution is 0.0822. The van der Waals surface area contributed by atoms with E-state index in [1.54, 1.807) is 0 Å². The maximum Gasteiger partial charge on any atom is 0.0834 e. The van der Waals surface area contributed by atoms with Crippen LogP contribution in [0.25, 0.3) is 0 Å². The molecule has 13 heavy (non-hydrogen) atoms. The smallest absolute Gasteiger partial charge is 0.0834 e. The van der Waals surface area contributed by atoms with Crippen molar-refractivity contribution in [1.29, 1.82) is 0 Å². The van der Waals surface area contributed by atoms with Crippen molar-refractivity contribution in [3.8, 4) is 0 Å². The first kappa shape index (κ1) is 11.0. The molecule has 1 aliphatic heterocycles.